The number of hydrogen-bond donors (Lipinski definition) is 1. The predicted molar refractivity (Wildman–Crippen MR) is 100 cm³/mol. The van der Waals surface area contributed by atoms with E-state index in [1.54, 1.807) is 42.5 Å². The zero-order valence-electron chi connectivity index (χ0n) is 13.6. The second-order valence-electron chi connectivity index (χ2n) is 5.43. The molecule has 0 aliphatic carbocycles. The molecular weight excluding hydrogens is 395 g/mol. The first kappa shape index (κ1) is 17.8. The Kier molecular flexibility index (Phi) is 4.99. The van der Waals surface area contributed by atoms with E-state index >= 15 is 0 Å². The van der Waals surface area contributed by atoms with Gasteiger partial charge in [0.2, 0.25) is 5.13 Å². The number of imidazole rings is 1. The number of para-hydroxylation sites is 3. The van der Waals surface area contributed by atoms with Crippen molar-refractivity contribution >= 4 is 45.0 Å². The Morgan fingerprint density at radius 2 is 1.85 bits per heavy atom. The van der Waals surface area contributed by atoms with Crippen molar-refractivity contribution < 1.29 is 13.2 Å². The molecule has 0 radical (unpaired) electrons. The van der Waals surface area contributed by atoms with Gasteiger partial charge < -0.3 is 5.32 Å². The molecule has 0 bridgehead atoms. The summed E-state index contributed by atoms with van der Waals surface area (Å²) >= 11 is 2.47. The van der Waals surface area contributed by atoms with Gasteiger partial charge in [-0.15, -0.1) is 10.2 Å². The second kappa shape index (κ2) is 7.57. The molecule has 0 saturated carbocycles. The van der Waals surface area contributed by atoms with E-state index in [0.717, 1.165) is 4.57 Å². The molecule has 138 valence electrons. The van der Waals surface area contributed by atoms with E-state index in [0.29, 0.717) is 26.2 Å². The fraction of sp³-hybridized carbons (Fsp3) is 0.118. The topological polar surface area (TPSA) is 55.6 Å². The van der Waals surface area contributed by atoms with Crippen molar-refractivity contribution in [2.45, 2.75) is 16.6 Å². The minimum Gasteiger partial charge on any atom is -0.328 e. The molecule has 0 spiro atoms. The maximum absolute atomic E-state index is 13.7. The number of hydrogen-bond acceptors (Lipinski definition) is 6. The standard InChI is InChI=1S/C17H12F3N5S2/c18-10-5-1-2-6-11(10)22-16-23-24-17(27-16)26-9-14-21-12-7-3-4-8-13(12)25(14)15(19)20/h1-8,15H,9H2,(H,22,23). The second-order valence-corrected chi connectivity index (χ2v) is 7.63. The average molecular weight is 407 g/mol. The number of halogens is 3. The Bertz CT molecular complexity index is 1080. The van der Waals surface area contributed by atoms with Crippen LogP contribution in [0.2, 0.25) is 0 Å². The lowest BCUT2D eigenvalue weighted by Crippen LogP contribution is -2.03. The lowest BCUT2D eigenvalue weighted by molar-refractivity contribution is 0.0722. The van der Waals surface area contributed by atoms with Crippen LogP contribution >= 0.6 is 23.1 Å². The number of fused-ring (bicyclic) bond motifs is 1. The molecule has 27 heavy (non-hydrogen) atoms. The largest absolute Gasteiger partial charge is 0.328 e. The van der Waals surface area contributed by atoms with Gasteiger partial charge in [-0.25, -0.2) is 9.37 Å². The lowest BCUT2D eigenvalue weighted by atomic mass is 10.3. The number of nitrogens with zero attached hydrogens (tertiary/aromatic N) is 4. The van der Waals surface area contributed by atoms with Gasteiger partial charge in [0, 0.05) is 0 Å². The Hall–Kier alpha value is -2.59. The Morgan fingerprint density at radius 3 is 2.67 bits per heavy atom. The molecule has 2 aromatic heterocycles. The molecule has 0 atom stereocenters. The molecule has 1 N–H and O–H groups in total. The van der Waals surface area contributed by atoms with E-state index in [2.05, 4.69) is 20.5 Å². The van der Waals surface area contributed by atoms with Crippen LogP contribution in [0.1, 0.15) is 12.4 Å². The Balaban J connectivity index is 1.50. The molecule has 4 aromatic rings. The van der Waals surface area contributed by atoms with Gasteiger partial charge in [-0.3, -0.25) is 4.57 Å². The van der Waals surface area contributed by atoms with E-state index in [9.17, 15) is 13.2 Å². The average Bonchev–Trinajstić information content (AvgIpc) is 3.25. The highest BCUT2D eigenvalue weighted by atomic mass is 32.2. The molecule has 2 heterocycles. The van der Waals surface area contributed by atoms with Crippen molar-refractivity contribution in [2.24, 2.45) is 0 Å². The summed E-state index contributed by atoms with van der Waals surface area (Å²) in [6.07, 6.45) is 0. The van der Waals surface area contributed by atoms with E-state index in [1.807, 2.05) is 0 Å². The first-order valence-corrected chi connectivity index (χ1v) is 9.64. The molecular formula is C17H12F3N5S2. The van der Waals surface area contributed by atoms with Gasteiger partial charge in [0.25, 0.3) is 0 Å². The van der Waals surface area contributed by atoms with Crippen LogP contribution in [0.5, 0.6) is 0 Å². The number of rotatable bonds is 6. The summed E-state index contributed by atoms with van der Waals surface area (Å²) < 4.78 is 42.1. The van der Waals surface area contributed by atoms with Crippen LogP contribution < -0.4 is 5.32 Å². The SMILES string of the molecule is Fc1ccccc1Nc1nnc(SCc2nc3ccccc3n2C(F)F)s1. The van der Waals surface area contributed by atoms with Crippen LogP contribution in [0.15, 0.2) is 52.9 Å². The fourth-order valence-corrected chi connectivity index (χ4v) is 4.23. The number of thioether (sulfide) groups is 1. The van der Waals surface area contributed by atoms with E-state index in [4.69, 9.17) is 0 Å². The van der Waals surface area contributed by atoms with Gasteiger partial charge in [-0.2, -0.15) is 8.78 Å². The first-order valence-electron chi connectivity index (χ1n) is 7.83. The Labute approximate surface area is 160 Å². The zero-order chi connectivity index (χ0) is 18.8. The highest BCUT2D eigenvalue weighted by Gasteiger charge is 2.18. The van der Waals surface area contributed by atoms with Crippen molar-refractivity contribution in [1.82, 2.24) is 19.7 Å². The molecule has 0 saturated heterocycles. The molecule has 4 rings (SSSR count). The highest BCUT2D eigenvalue weighted by molar-refractivity contribution is 8.00. The van der Waals surface area contributed by atoms with Crippen LogP contribution in [0.3, 0.4) is 0 Å². The number of anilines is 2. The molecule has 0 aliphatic rings. The molecule has 0 fully saturated rings. The monoisotopic (exact) mass is 407 g/mol. The number of aromatic nitrogens is 4. The van der Waals surface area contributed by atoms with Crippen molar-refractivity contribution in [2.75, 3.05) is 5.32 Å². The Morgan fingerprint density at radius 1 is 1.07 bits per heavy atom. The summed E-state index contributed by atoms with van der Waals surface area (Å²) in [4.78, 5) is 4.29. The number of alkyl halides is 2. The summed E-state index contributed by atoms with van der Waals surface area (Å²) in [6.45, 7) is -2.68. The van der Waals surface area contributed by atoms with Crippen molar-refractivity contribution in [3.05, 3.63) is 60.2 Å². The molecule has 10 heteroatoms. The quantitative estimate of drug-likeness (QED) is 0.430. The summed E-state index contributed by atoms with van der Waals surface area (Å²) in [5.74, 6) is 0.0791. The summed E-state index contributed by atoms with van der Waals surface area (Å²) in [7, 11) is 0. The minimum atomic E-state index is -2.68. The van der Waals surface area contributed by atoms with Gasteiger partial charge in [0.05, 0.1) is 22.5 Å². The summed E-state index contributed by atoms with van der Waals surface area (Å²) in [6, 6.07) is 13.0. The van der Waals surface area contributed by atoms with Crippen LogP contribution in [-0.2, 0) is 5.75 Å². The highest BCUT2D eigenvalue weighted by Crippen LogP contribution is 2.32. The fourth-order valence-electron chi connectivity index (χ4n) is 2.54. The summed E-state index contributed by atoms with van der Waals surface area (Å²) in [5, 5.41) is 11.2. The molecule has 5 nitrogen and oxygen atoms in total. The van der Waals surface area contributed by atoms with E-state index in [1.165, 1.54) is 29.2 Å². The predicted octanol–water partition coefficient (Wildman–Crippen LogP) is 5.46. The summed E-state index contributed by atoms with van der Waals surface area (Å²) in [5.41, 5.74) is 1.21. The number of benzene rings is 2. The van der Waals surface area contributed by atoms with Crippen molar-refractivity contribution in [3.8, 4) is 0 Å². The van der Waals surface area contributed by atoms with Gasteiger partial charge in [-0.1, -0.05) is 47.4 Å². The molecule has 2 aromatic carbocycles. The molecule has 0 aliphatic heterocycles. The van der Waals surface area contributed by atoms with Crippen molar-refractivity contribution in [3.63, 3.8) is 0 Å². The lowest BCUT2D eigenvalue weighted by Gasteiger charge is -2.06. The van der Waals surface area contributed by atoms with E-state index < -0.39 is 12.4 Å². The van der Waals surface area contributed by atoms with Crippen LogP contribution in [0, 0.1) is 5.82 Å². The van der Waals surface area contributed by atoms with Crippen molar-refractivity contribution in [1.29, 1.82) is 0 Å². The third-order valence-corrected chi connectivity index (χ3v) is 5.68. The van der Waals surface area contributed by atoms with Crippen LogP contribution in [0.4, 0.5) is 24.0 Å². The van der Waals surface area contributed by atoms with Gasteiger partial charge >= 0.3 is 6.55 Å². The van der Waals surface area contributed by atoms with Crippen LogP contribution in [0.25, 0.3) is 11.0 Å². The molecule has 0 amide bonds. The maximum Gasteiger partial charge on any atom is 0.320 e. The smallest absolute Gasteiger partial charge is 0.320 e. The van der Waals surface area contributed by atoms with E-state index in [-0.39, 0.29) is 11.6 Å². The van der Waals surface area contributed by atoms with Gasteiger partial charge in [-0.05, 0) is 24.3 Å². The molecule has 0 unspecified atom stereocenters. The first-order chi connectivity index (χ1) is 13.1. The third-order valence-electron chi connectivity index (χ3n) is 3.71. The van der Waals surface area contributed by atoms with Gasteiger partial charge in [0.1, 0.15) is 11.6 Å². The number of nitrogens with one attached hydrogen (secondary N) is 1. The van der Waals surface area contributed by atoms with Gasteiger partial charge in [0.15, 0.2) is 4.34 Å². The minimum absolute atomic E-state index is 0.216. The third kappa shape index (κ3) is 3.76. The van der Waals surface area contributed by atoms with Crippen LogP contribution in [-0.4, -0.2) is 19.7 Å². The zero-order valence-corrected chi connectivity index (χ0v) is 15.3. The normalized spacial score (nSPS) is 11.4. The maximum atomic E-state index is 13.7.